The largest absolute Gasteiger partial charge is 0.444 e. The number of thiazole rings is 1. The van der Waals surface area contributed by atoms with Crippen LogP contribution in [0.25, 0.3) is 11.3 Å². The quantitative estimate of drug-likeness (QED) is 0.172. The first kappa shape index (κ1) is 55.9. The lowest BCUT2D eigenvalue weighted by atomic mass is 10.00. The van der Waals surface area contributed by atoms with Crippen molar-refractivity contribution < 1.29 is 52.3 Å². The van der Waals surface area contributed by atoms with Crippen LogP contribution in [-0.4, -0.2) is 196 Å². The van der Waals surface area contributed by atoms with Gasteiger partial charge in [-0.3, -0.25) is 14.4 Å². The van der Waals surface area contributed by atoms with Crippen LogP contribution < -0.4 is 15.5 Å². The van der Waals surface area contributed by atoms with Gasteiger partial charge in [0.05, 0.1) is 16.4 Å². The van der Waals surface area contributed by atoms with Crippen LogP contribution in [0.3, 0.4) is 0 Å². The van der Waals surface area contributed by atoms with Crippen LogP contribution in [0, 0.1) is 18.8 Å². The number of ether oxygens (including phenoxy) is 7. The van der Waals surface area contributed by atoms with Gasteiger partial charge in [0.15, 0.2) is 5.13 Å². The predicted octanol–water partition coefficient (Wildman–Crippen LogP) is 5.35. The number of nitrogens with one attached hydrogen (secondary N) is 2. The maximum Gasteiger partial charge on any atom is 0.408 e. The molecular weight excluding hydrogens is 966 g/mol. The highest BCUT2D eigenvalue weighted by Crippen LogP contribution is 2.43. The summed E-state index contributed by atoms with van der Waals surface area (Å²) < 4.78 is 39.6. The smallest absolute Gasteiger partial charge is 0.408 e. The molecule has 7 rings (SSSR count). The Morgan fingerprint density at radius 3 is 1.66 bits per heavy atom. The zero-order valence-corrected chi connectivity index (χ0v) is 45.4. The molecule has 18 nitrogen and oxygen atoms in total. The van der Waals surface area contributed by atoms with Gasteiger partial charge in [0.1, 0.15) is 55.2 Å². The third-order valence-electron chi connectivity index (χ3n) is 13.5. The Kier molecular flexibility index (Phi) is 18.6. The fraction of sp³-hybridized carbons (Fsp3) is 0.735. The molecule has 21 heteroatoms. The van der Waals surface area contributed by atoms with Crippen molar-refractivity contribution in [2.45, 2.75) is 133 Å². The number of carbonyl (C=O) groups is 4. The summed E-state index contributed by atoms with van der Waals surface area (Å²) >= 11 is 14.8. The number of amides is 4. The van der Waals surface area contributed by atoms with Gasteiger partial charge in [0, 0.05) is 83.7 Å². The Balaban J connectivity index is 0.000000250. The van der Waals surface area contributed by atoms with E-state index < -0.39 is 65.0 Å². The number of fused-ring (bicyclic) bond motifs is 2. The molecule has 2 aromatic rings. The summed E-state index contributed by atoms with van der Waals surface area (Å²) in [7, 11) is 8.25. The second-order valence-corrected chi connectivity index (χ2v) is 22.9. The van der Waals surface area contributed by atoms with Crippen LogP contribution in [0.2, 0.25) is 0 Å². The molecule has 5 fully saturated rings. The van der Waals surface area contributed by atoms with E-state index >= 15 is 0 Å². The van der Waals surface area contributed by atoms with E-state index in [0.29, 0.717) is 18.4 Å². The molecule has 5 saturated heterocycles. The number of rotatable bonds is 15. The van der Waals surface area contributed by atoms with Gasteiger partial charge in [-0.05, 0) is 71.6 Å². The highest BCUT2D eigenvalue weighted by Gasteiger charge is 2.63. The minimum Gasteiger partial charge on any atom is -0.444 e. The van der Waals surface area contributed by atoms with E-state index in [-0.39, 0.29) is 61.2 Å². The van der Waals surface area contributed by atoms with Gasteiger partial charge in [-0.2, -0.15) is 0 Å². The number of piperazine rings is 1. The number of aryl methyl sites for hydroxylation is 1. The first-order chi connectivity index (χ1) is 33.0. The van der Waals surface area contributed by atoms with Gasteiger partial charge in [-0.15, -0.1) is 34.5 Å². The second-order valence-electron chi connectivity index (χ2n) is 20.6. The van der Waals surface area contributed by atoms with Crippen LogP contribution in [0.5, 0.6) is 0 Å². The van der Waals surface area contributed by atoms with Gasteiger partial charge < -0.3 is 63.4 Å². The fourth-order valence-corrected chi connectivity index (χ4v) is 11.6. The number of likely N-dealkylation sites (N-methyl/N-ethyl adjacent to an activating group) is 1. The third kappa shape index (κ3) is 12.3. The Morgan fingerprint density at radius 1 is 0.771 bits per heavy atom. The van der Waals surface area contributed by atoms with Crippen molar-refractivity contribution in [1.82, 2.24) is 30.3 Å². The van der Waals surface area contributed by atoms with Crippen LogP contribution >= 0.6 is 34.5 Å². The Bertz CT molecular complexity index is 2110. The van der Waals surface area contributed by atoms with Crippen LogP contribution in [0.4, 0.5) is 9.93 Å². The summed E-state index contributed by atoms with van der Waals surface area (Å²) in [5.41, 5.74) is 1.72. The Morgan fingerprint density at radius 2 is 1.23 bits per heavy atom. The van der Waals surface area contributed by atoms with Gasteiger partial charge in [-0.1, -0.05) is 39.8 Å². The average molecular weight is 1040 g/mol. The number of methoxy groups -OCH3 is 4. The number of nitrogens with zero attached hydrogens (tertiary/aromatic N) is 5. The van der Waals surface area contributed by atoms with Crippen molar-refractivity contribution in [3.05, 3.63) is 34.7 Å². The molecule has 4 amide bonds. The van der Waals surface area contributed by atoms with E-state index in [0.717, 1.165) is 47.4 Å². The van der Waals surface area contributed by atoms with Crippen molar-refractivity contribution >= 4 is 63.5 Å². The number of carbonyl (C=O) groups excluding carboxylic acids is 4. The van der Waals surface area contributed by atoms with Gasteiger partial charge in [-0.25, -0.2) is 9.78 Å². The van der Waals surface area contributed by atoms with Crippen molar-refractivity contribution in [3.8, 4) is 11.3 Å². The summed E-state index contributed by atoms with van der Waals surface area (Å²) in [4.78, 5) is 67.1. The van der Waals surface area contributed by atoms with Crippen LogP contribution in [0.1, 0.15) is 76.5 Å². The lowest BCUT2D eigenvalue weighted by molar-refractivity contribution is -0.227. The molecule has 70 heavy (non-hydrogen) atoms. The number of alkyl carbamates (subject to hydrolysis) is 1. The minimum absolute atomic E-state index is 0.170. The number of aromatic nitrogens is 1. The summed E-state index contributed by atoms with van der Waals surface area (Å²) in [6.07, 6.45) is -0.495. The maximum absolute atomic E-state index is 14.0. The highest BCUT2D eigenvalue weighted by molar-refractivity contribution is 7.16. The Hall–Kier alpha value is -3.37. The SMILES string of the molecule is COC1(OC)CO[C@@H]2[C@H](Cl)CN(C(=O)[C@H](CC(C)C)NC(=O)OC(C)(C)C)[C@@H]21.COC1(OC)CO[C@@H]2[C@H](Cl)CN(C(=O)[C@H](CC(C)C)NC(=O)c3ccc(-c4nc(N5CCN(C)CC5)sc4C)cc3)[C@@H]21. The number of hydrogen-bond acceptors (Lipinski definition) is 15. The Labute approximate surface area is 427 Å². The van der Waals surface area contributed by atoms with E-state index in [1.165, 1.54) is 28.4 Å². The number of alkyl halides is 2. The number of anilines is 1. The number of likely N-dealkylation sites (tertiary alicyclic amines) is 2. The molecule has 0 spiro atoms. The van der Waals surface area contributed by atoms with Crippen molar-refractivity contribution in [1.29, 1.82) is 0 Å². The molecule has 5 aliphatic rings. The molecule has 0 radical (unpaired) electrons. The van der Waals surface area contributed by atoms with Gasteiger partial charge in [0.25, 0.3) is 5.91 Å². The topological polar surface area (TPSA) is 183 Å². The molecule has 5 aliphatic heterocycles. The van der Waals surface area contributed by atoms with E-state index in [1.54, 1.807) is 54.0 Å². The van der Waals surface area contributed by atoms with E-state index in [1.807, 2.05) is 39.8 Å². The maximum atomic E-state index is 14.0. The lowest BCUT2D eigenvalue weighted by Gasteiger charge is -2.37. The molecule has 0 unspecified atom stereocenters. The minimum atomic E-state index is -1.11. The normalized spacial score (nSPS) is 25.9. The summed E-state index contributed by atoms with van der Waals surface area (Å²) in [5, 5.41) is 5.97. The molecule has 6 heterocycles. The molecule has 1 aromatic carbocycles. The third-order valence-corrected chi connectivity index (χ3v) is 15.3. The van der Waals surface area contributed by atoms with E-state index in [2.05, 4.69) is 34.4 Å². The molecular formula is C49H75Cl2N7O11S. The van der Waals surface area contributed by atoms with Gasteiger partial charge in [0.2, 0.25) is 23.4 Å². The zero-order valence-electron chi connectivity index (χ0n) is 43.0. The van der Waals surface area contributed by atoms with E-state index in [4.69, 9.17) is 61.3 Å². The highest BCUT2D eigenvalue weighted by atomic mass is 35.5. The van der Waals surface area contributed by atoms with Crippen molar-refractivity contribution in [2.24, 2.45) is 11.8 Å². The molecule has 0 bridgehead atoms. The number of benzene rings is 1. The first-order valence-electron chi connectivity index (χ1n) is 24.1. The number of hydrogen-bond donors (Lipinski definition) is 2. The second kappa shape index (κ2) is 23.2. The molecule has 1 aromatic heterocycles. The van der Waals surface area contributed by atoms with Crippen LogP contribution in [0.15, 0.2) is 24.3 Å². The zero-order chi connectivity index (χ0) is 51.5. The van der Waals surface area contributed by atoms with E-state index in [9.17, 15) is 19.2 Å². The predicted molar refractivity (Wildman–Crippen MR) is 269 cm³/mol. The average Bonchev–Trinajstić information content (AvgIpc) is 4.13. The van der Waals surface area contributed by atoms with Crippen molar-refractivity contribution in [2.75, 3.05) is 92.9 Å². The molecule has 0 aliphatic carbocycles. The summed E-state index contributed by atoms with van der Waals surface area (Å²) in [6.45, 7) is 20.3. The summed E-state index contributed by atoms with van der Waals surface area (Å²) in [6, 6.07) is 4.95. The first-order valence-corrected chi connectivity index (χ1v) is 25.8. The lowest BCUT2D eigenvalue weighted by Crippen LogP contribution is -2.59. The van der Waals surface area contributed by atoms with Crippen molar-refractivity contribution in [3.63, 3.8) is 0 Å². The van der Waals surface area contributed by atoms with Gasteiger partial charge >= 0.3 is 6.09 Å². The number of halogens is 2. The molecule has 0 saturated carbocycles. The standard InChI is InChI=1S/C30H42ClN5O5S.C19H33ClN2O6/c1-18(2)15-23(28(38)36-16-22(31)25-26(36)30(39-5,40-6)17-41-25)32-27(37)21-9-7-20(8-10-21)24-19(3)42-29(33-24)35-13-11-34(4)12-14-35;1-11(2)8-13(21-17(24)28-18(3,4)5)16(23)22-9-12(20)14-15(22)19(25-6,26-7)10-27-14/h7-10,18,22-23,25-26H,11-17H2,1-6H3,(H,32,37);11-15H,8-10H2,1-7H3,(H,21,24)/t22-,23+,25-,26+;12-,13+,14-,15+/m11/s1. The fourth-order valence-electron chi connectivity index (χ4n) is 9.90. The molecule has 2 N–H and O–H groups in total. The molecule has 392 valence electrons. The molecule has 8 atom stereocenters. The summed E-state index contributed by atoms with van der Waals surface area (Å²) in [5.74, 6) is -2.61. The monoisotopic (exact) mass is 1040 g/mol. The van der Waals surface area contributed by atoms with Crippen LogP contribution in [-0.2, 0) is 42.7 Å².